The van der Waals surface area contributed by atoms with Crippen molar-refractivity contribution in [1.29, 1.82) is 0 Å². The molecule has 24 heavy (non-hydrogen) atoms. The Bertz CT molecular complexity index is 749. The molecule has 0 spiro atoms. The quantitative estimate of drug-likeness (QED) is 0.487. The number of rotatable bonds is 5. The third-order valence-corrected chi connectivity index (χ3v) is 3.93. The Balaban J connectivity index is 1.78. The second kappa shape index (κ2) is 9.05. The van der Waals surface area contributed by atoms with Gasteiger partial charge in [0.25, 0.3) is 0 Å². The summed E-state index contributed by atoms with van der Waals surface area (Å²) in [6, 6.07) is 14.7. The summed E-state index contributed by atoms with van der Waals surface area (Å²) in [4.78, 5) is 23.3. The van der Waals surface area contributed by atoms with E-state index in [0.29, 0.717) is 28.6 Å². The number of amides is 2. The summed E-state index contributed by atoms with van der Waals surface area (Å²) in [6.45, 7) is 0.361. The molecule has 2 rings (SSSR count). The normalized spacial score (nSPS) is 10.6. The van der Waals surface area contributed by atoms with E-state index >= 15 is 0 Å². The summed E-state index contributed by atoms with van der Waals surface area (Å²) in [5, 5.41) is 6.93. The van der Waals surface area contributed by atoms with Crippen LogP contribution in [-0.2, 0) is 16.0 Å². The van der Waals surface area contributed by atoms with Gasteiger partial charge in [-0.25, -0.2) is 5.43 Å². The molecule has 0 fully saturated rings. The zero-order chi connectivity index (χ0) is 17.4. The van der Waals surface area contributed by atoms with E-state index in [9.17, 15) is 9.59 Å². The first kappa shape index (κ1) is 18.0. The van der Waals surface area contributed by atoms with Crippen LogP contribution in [-0.4, -0.2) is 24.6 Å². The van der Waals surface area contributed by atoms with Crippen LogP contribution in [0.5, 0.6) is 0 Å². The lowest BCUT2D eigenvalue weighted by Crippen LogP contribution is -2.38. The van der Waals surface area contributed by atoms with Crippen molar-refractivity contribution < 1.29 is 9.59 Å². The average Bonchev–Trinajstić information content (AvgIpc) is 2.59. The molecule has 2 amide bonds. The summed E-state index contributed by atoms with van der Waals surface area (Å²) < 4.78 is 0. The van der Waals surface area contributed by atoms with Crippen LogP contribution in [0.15, 0.2) is 53.6 Å². The van der Waals surface area contributed by atoms with Gasteiger partial charge in [0.15, 0.2) is 0 Å². The zero-order valence-corrected chi connectivity index (χ0v) is 14.1. The molecule has 2 N–H and O–H groups in total. The molecule has 0 saturated carbocycles. The molecule has 0 atom stereocenters. The predicted octanol–water partition coefficient (Wildman–Crippen LogP) is 2.80. The largest absolute Gasteiger partial charge is 0.347 e. The summed E-state index contributed by atoms with van der Waals surface area (Å²) in [6.07, 6.45) is 1.96. The second-order valence-corrected chi connectivity index (χ2v) is 5.62. The Kier molecular flexibility index (Phi) is 6.78. The molecule has 0 aliphatic rings. The molecular weight excluding hydrogens is 349 g/mol. The topological polar surface area (TPSA) is 70.6 Å². The number of hydrazone groups is 1. The summed E-state index contributed by atoms with van der Waals surface area (Å²) >= 11 is 11.9. The van der Waals surface area contributed by atoms with Crippen LogP contribution in [0, 0.1) is 0 Å². The molecule has 2 aromatic carbocycles. The molecular formula is C17H15Cl2N3O2. The maximum Gasteiger partial charge on any atom is 0.329 e. The number of carbonyl (C=O) groups excluding carboxylic acids is 2. The van der Waals surface area contributed by atoms with E-state index in [0.717, 1.165) is 5.56 Å². The Hall–Kier alpha value is -2.37. The summed E-state index contributed by atoms with van der Waals surface area (Å²) in [7, 11) is 0. The SMILES string of the molecule is O=C(NCCc1ccccc1)C(=O)N/N=C\c1cccc(Cl)c1Cl. The third kappa shape index (κ3) is 5.37. The van der Waals surface area contributed by atoms with Crippen molar-refractivity contribution in [1.82, 2.24) is 10.7 Å². The van der Waals surface area contributed by atoms with E-state index in [1.165, 1.54) is 6.21 Å². The average molecular weight is 364 g/mol. The van der Waals surface area contributed by atoms with Crippen LogP contribution in [0.4, 0.5) is 0 Å². The van der Waals surface area contributed by atoms with Gasteiger partial charge in [0, 0.05) is 12.1 Å². The maximum atomic E-state index is 11.7. The van der Waals surface area contributed by atoms with Gasteiger partial charge in [-0.15, -0.1) is 0 Å². The van der Waals surface area contributed by atoms with E-state index in [1.54, 1.807) is 18.2 Å². The minimum atomic E-state index is -0.850. The minimum Gasteiger partial charge on any atom is -0.347 e. The van der Waals surface area contributed by atoms with Gasteiger partial charge in [-0.1, -0.05) is 65.7 Å². The number of benzene rings is 2. The van der Waals surface area contributed by atoms with E-state index < -0.39 is 11.8 Å². The van der Waals surface area contributed by atoms with Crippen molar-refractivity contribution in [2.24, 2.45) is 5.10 Å². The molecule has 7 heteroatoms. The fourth-order valence-electron chi connectivity index (χ4n) is 1.88. The molecule has 0 aliphatic heterocycles. The highest BCUT2D eigenvalue weighted by atomic mass is 35.5. The van der Waals surface area contributed by atoms with E-state index in [-0.39, 0.29) is 0 Å². The van der Waals surface area contributed by atoms with Crippen molar-refractivity contribution in [3.8, 4) is 0 Å². The molecule has 0 radical (unpaired) electrons. The number of nitrogens with one attached hydrogen (secondary N) is 2. The second-order valence-electron chi connectivity index (χ2n) is 4.83. The van der Waals surface area contributed by atoms with Crippen LogP contribution in [0.2, 0.25) is 10.0 Å². The zero-order valence-electron chi connectivity index (χ0n) is 12.6. The van der Waals surface area contributed by atoms with E-state index in [2.05, 4.69) is 15.8 Å². The lowest BCUT2D eigenvalue weighted by molar-refractivity contribution is -0.139. The van der Waals surface area contributed by atoms with Gasteiger partial charge in [-0.2, -0.15) is 5.10 Å². The van der Waals surface area contributed by atoms with Crippen LogP contribution in [0.3, 0.4) is 0 Å². The number of hydrogen-bond acceptors (Lipinski definition) is 3. The van der Waals surface area contributed by atoms with Crippen molar-refractivity contribution in [3.63, 3.8) is 0 Å². The highest BCUT2D eigenvalue weighted by Gasteiger charge is 2.11. The van der Waals surface area contributed by atoms with Gasteiger partial charge in [0.1, 0.15) is 0 Å². The van der Waals surface area contributed by atoms with Crippen LogP contribution in [0.25, 0.3) is 0 Å². The molecule has 0 unspecified atom stereocenters. The first-order valence-electron chi connectivity index (χ1n) is 7.17. The predicted molar refractivity (Wildman–Crippen MR) is 95.4 cm³/mol. The van der Waals surface area contributed by atoms with Gasteiger partial charge in [-0.3, -0.25) is 9.59 Å². The number of carbonyl (C=O) groups is 2. The number of nitrogens with zero attached hydrogens (tertiary/aromatic N) is 1. The van der Waals surface area contributed by atoms with Crippen LogP contribution >= 0.6 is 23.2 Å². The highest BCUT2D eigenvalue weighted by Crippen LogP contribution is 2.23. The van der Waals surface area contributed by atoms with E-state index in [1.807, 2.05) is 30.3 Å². The van der Waals surface area contributed by atoms with Crippen molar-refractivity contribution in [3.05, 3.63) is 69.7 Å². The molecule has 0 heterocycles. The first-order valence-corrected chi connectivity index (χ1v) is 7.92. The molecule has 124 valence electrons. The van der Waals surface area contributed by atoms with Gasteiger partial charge in [-0.05, 0) is 18.1 Å². The highest BCUT2D eigenvalue weighted by molar-refractivity contribution is 6.43. The first-order chi connectivity index (χ1) is 11.6. The van der Waals surface area contributed by atoms with Gasteiger partial charge < -0.3 is 5.32 Å². The molecule has 0 aromatic heterocycles. The number of halogens is 2. The van der Waals surface area contributed by atoms with E-state index in [4.69, 9.17) is 23.2 Å². The fraction of sp³-hybridized carbons (Fsp3) is 0.118. The Morgan fingerprint density at radius 3 is 2.50 bits per heavy atom. The standard InChI is InChI=1S/C17H15Cl2N3O2/c18-14-8-4-7-13(15(14)19)11-21-22-17(24)16(23)20-10-9-12-5-2-1-3-6-12/h1-8,11H,9-10H2,(H,20,23)(H,22,24)/b21-11-. The Morgan fingerprint density at radius 2 is 1.75 bits per heavy atom. The lowest BCUT2D eigenvalue weighted by atomic mass is 10.1. The van der Waals surface area contributed by atoms with Crippen molar-refractivity contribution in [2.45, 2.75) is 6.42 Å². The lowest BCUT2D eigenvalue weighted by Gasteiger charge is -2.04. The van der Waals surface area contributed by atoms with Gasteiger partial charge in [0.2, 0.25) is 0 Å². The van der Waals surface area contributed by atoms with Crippen LogP contribution in [0.1, 0.15) is 11.1 Å². The van der Waals surface area contributed by atoms with Gasteiger partial charge >= 0.3 is 11.8 Å². The van der Waals surface area contributed by atoms with Gasteiger partial charge in [0.05, 0.1) is 16.3 Å². The monoisotopic (exact) mass is 363 g/mol. The third-order valence-electron chi connectivity index (χ3n) is 3.10. The Morgan fingerprint density at radius 1 is 1.00 bits per heavy atom. The molecule has 2 aromatic rings. The maximum absolute atomic E-state index is 11.7. The molecule has 5 nitrogen and oxygen atoms in total. The molecule has 0 aliphatic carbocycles. The van der Waals surface area contributed by atoms with Crippen LogP contribution < -0.4 is 10.7 Å². The Labute approximate surface area is 149 Å². The fourth-order valence-corrected chi connectivity index (χ4v) is 2.23. The molecule has 0 bridgehead atoms. The number of hydrogen-bond donors (Lipinski definition) is 2. The van der Waals surface area contributed by atoms with Crippen molar-refractivity contribution in [2.75, 3.05) is 6.54 Å². The van der Waals surface area contributed by atoms with Crippen molar-refractivity contribution >= 4 is 41.2 Å². The summed E-state index contributed by atoms with van der Waals surface area (Å²) in [5.74, 6) is -1.60. The summed E-state index contributed by atoms with van der Waals surface area (Å²) in [5.41, 5.74) is 3.75. The smallest absolute Gasteiger partial charge is 0.329 e. The minimum absolute atomic E-state index is 0.324. The molecule has 0 saturated heterocycles.